The first-order valence-corrected chi connectivity index (χ1v) is 9.68. The highest BCUT2D eigenvalue weighted by Crippen LogP contribution is 2.27. The van der Waals surface area contributed by atoms with Crippen molar-refractivity contribution in [2.24, 2.45) is 0 Å². The number of halogens is 1. The van der Waals surface area contributed by atoms with Crippen LogP contribution in [0.1, 0.15) is 17.5 Å². The number of carbonyl (C=O) groups excluding carboxylic acids is 2. The van der Waals surface area contributed by atoms with Gasteiger partial charge < -0.3 is 14.9 Å². The summed E-state index contributed by atoms with van der Waals surface area (Å²) in [4.78, 5) is 30.1. The Hall–Kier alpha value is -2.05. The van der Waals surface area contributed by atoms with Gasteiger partial charge >= 0.3 is 0 Å². The maximum atomic E-state index is 12.5. The Morgan fingerprint density at radius 3 is 2.52 bits per heavy atom. The van der Waals surface area contributed by atoms with Crippen LogP contribution in [0.15, 0.2) is 24.8 Å². The van der Waals surface area contributed by atoms with E-state index in [0.29, 0.717) is 37.0 Å². The third kappa shape index (κ3) is 4.45. The lowest BCUT2D eigenvalue weighted by atomic mass is 10.0. The lowest BCUT2D eigenvalue weighted by Gasteiger charge is -2.47. The second-order valence-electron chi connectivity index (χ2n) is 7.25. The van der Waals surface area contributed by atoms with Crippen molar-refractivity contribution in [1.82, 2.24) is 14.7 Å². The van der Waals surface area contributed by atoms with Gasteiger partial charge in [-0.2, -0.15) is 0 Å². The number of carbonyl (C=O) groups is 2. The number of nitrogens with zero attached hydrogens (tertiary/aromatic N) is 3. The van der Waals surface area contributed by atoms with Crippen molar-refractivity contribution in [2.75, 3.05) is 39.3 Å². The van der Waals surface area contributed by atoms with Crippen LogP contribution in [-0.4, -0.2) is 76.9 Å². The number of aryl methyl sites for hydroxylation is 2. The Morgan fingerprint density at radius 2 is 1.89 bits per heavy atom. The molecule has 2 amide bonds. The Labute approximate surface area is 165 Å². The number of rotatable bonds is 5. The fraction of sp³-hybridized carbons (Fsp3) is 0.500. The first kappa shape index (κ1) is 19.7. The number of piperazine rings is 1. The number of phenolic OH excluding ortho intramolecular Hbond substituents is 1. The van der Waals surface area contributed by atoms with Crippen LogP contribution in [0.2, 0.25) is 5.02 Å². The Morgan fingerprint density at radius 1 is 1.22 bits per heavy atom. The van der Waals surface area contributed by atoms with Crippen molar-refractivity contribution < 1.29 is 14.7 Å². The van der Waals surface area contributed by atoms with E-state index in [1.807, 2.05) is 17.9 Å². The summed E-state index contributed by atoms with van der Waals surface area (Å²) in [7, 11) is 0. The summed E-state index contributed by atoms with van der Waals surface area (Å²) in [6.45, 7) is 9.96. The zero-order chi connectivity index (χ0) is 19.6. The van der Waals surface area contributed by atoms with Crippen LogP contribution in [0.25, 0.3) is 0 Å². The number of amides is 2. The molecule has 0 bridgehead atoms. The van der Waals surface area contributed by atoms with Crippen molar-refractivity contribution in [3.63, 3.8) is 0 Å². The molecule has 0 radical (unpaired) electrons. The molecule has 3 rings (SSSR count). The van der Waals surface area contributed by atoms with Crippen LogP contribution in [0.3, 0.4) is 0 Å². The Kier molecular flexibility index (Phi) is 6.07. The van der Waals surface area contributed by atoms with Crippen molar-refractivity contribution >= 4 is 23.4 Å². The molecule has 0 aliphatic carbocycles. The van der Waals surface area contributed by atoms with Crippen molar-refractivity contribution in [1.29, 1.82) is 0 Å². The molecule has 0 atom stereocenters. The maximum absolute atomic E-state index is 12.5. The van der Waals surface area contributed by atoms with Crippen LogP contribution in [0, 0.1) is 6.92 Å². The van der Waals surface area contributed by atoms with E-state index >= 15 is 0 Å². The minimum atomic E-state index is -0.0132. The number of likely N-dealkylation sites (tertiary alicyclic amines) is 1. The predicted molar refractivity (Wildman–Crippen MR) is 105 cm³/mol. The summed E-state index contributed by atoms with van der Waals surface area (Å²) in [6.07, 6.45) is 2.23. The highest BCUT2D eigenvalue weighted by Gasteiger charge is 2.35. The second kappa shape index (κ2) is 8.31. The van der Waals surface area contributed by atoms with Gasteiger partial charge in [-0.25, -0.2) is 0 Å². The normalized spacial score (nSPS) is 18.3. The standard InChI is InChI=1S/C20H26ClN3O3/c1-3-19(26)24-12-16(13-24)22-6-8-23(9-7-22)20(27)5-4-15-10-14(2)17(21)11-18(15)25/h3,10-11,16,25H,1,4-9,12-13H2,2H3. The average Bonchev–Trinajstić information content (AvgIpc) is 2.62. The highest BCUT2D eigenvalue weighted by molar-refractivity contribution is 6.31. The van der Waals surface area contributed by atoms with E-state index in [0.717, 1.165) is 37.3 Å². The summed E-state index contributed by atoms with van der Waals surface area (Å²) in [5, 5.41) is 10.5. The average molecular weight is 392 g/mol. The molecule has 0 spiro atoms. The zero-order valence-corrected chi connectivity index (χ0v) is 16.4. The fourth-order valence-corrected chi connectivity index (χ4v) is 3.82. The fourth-order valence-electron chi connectivity index (χ4n) is 3.66. The maximum Gasteiger partial charge on any atom is 0.246 e. The van der Waals surface area contributed by atoms with Gasteiger partial charge in [0.15, 0.2) is 0 Å². The van der Waals surface area contributed by atoms with Crippen LogP contribution in [0.4, 0.5) is 0 Å². The molecule has 0 saturated carbocycles. The molecule has 0 unspecified atom stereocenters. The molecule has 1 aromatic carbocycles. The third-order valence-corrected chi connectivity index (χ3v) is 5.91. The van der Waals surface area contributed by atoms with Gasteiger partial charge in [-0.3, -0.25) is 14.5 Å². The van der Waals surface area contributed by atoms with Gasteiger partial charge in [-0.05, 0) is 36.6 Å². The lowest BCUT2D eigenvalue weighted by molar-refractivity contribution is -0.136. The molecule has 2 aliphatic rings. The summed E-state index contributed by atoms with van der Waals surface area (Å²) in [5.74, 6) is 0.242. The van der Waals surface area contributed by atoms with E-state index in [9.17, 15) is 14.7 Å². The first-order valence-electron chi connectivity index (χ1n) is 9.30. The van der Waals surface area contributed by atoms with Crippen molar-refractivity contribution in [3.8, 4) is 5.75 Å². The van der Waals surface area contributed by atoms with Gasteiger partial charge in [0.05, 0.1) is 0 Å². The van der Waals surface area contributed by atoms with Crippen molar-refractivity contribution in [3.05, 3.63) is 40.9 Å². The smallest absolute Gasteiger partial charge is 0.246 e. The van der Waals surface area contributed by atoms with Crippen LogP contribution < -0.4 is 0 Å². The number of benzene rings is 1. The molecule has 27 heavy (non-hydrogen) atoms. The Balaban J connectivity index is 1.43. The molecule has 7 heteroatoms. The molecule has 2 fully saturated rings. The van der Waals surface area contributed by atoms with E-state index in [-0.39, 0.29) is 17.6 Å². The van der Waals surface area contributed by atoms with Gasteiger partial charge in [0.1, 0.15) is 5.75 Å². The van der Waals surface area contributed by atoms with Gasteiger partial charge in [-0.15, -0.1) is 0 Å². The molecule has 1 N–H and O–H groups in total. The van der Waals surface area contributed by atoms with E-state index in [2.05, 4.69) is 11.5 Å². The van der Waals surface area contributed by atoms with Gasteiger partial charge in [-0.1, -0.05) is 24.2 Å². The molecule has 0 aromatic heterocycles. The zero-order valence-electron chi connectivity index (χ0n) is 15.7. The molecule has 146 valence electrons. The minimum absolute atomic E-state index is 0.0132. The van der Waals surface area contributed by atoms with E-state index in [1.54, 1.807) is 4.90 Å². The second-order valence-corrected chi connectivity index (χ2v) is 7.66. The third-order valence-electron chi connectivity index (χ3n) is 5.50. The minimum Gasteiger partial charge on any atom is -0.508 e. The lowest BCUT2D eigenvalue weighted by Crippen LogP contribution is -2.64. The number of hydrogen-bond donors (Lipinski definition) is 1. The first-order chi connectivity index (χ1) is 12.9. The molecule has 2 heterocycles. The molecular formula is C20H26ClN3O3. The monoisotopic (exact) mass is 391 g/mol. The largest absolute Gasteiger partial charge is 0.508 e. The molecule has 6 nitrogen and oxygen atoms in total. The number of phenols is 1. The van der Waals surface area contributed by atoms with Crippen LogP contribution in [-0.2, 0) is 16.0 Å². The van der Waals surface area contributed by atoms with E-state index < -0.39 is 0 Å². The van der Waals surface area contributed by atoms with Crippen LogP contribution in [0.5, 0.6) is 5.75 Å². The van der Waals surface area contributed by atoms with Gasteiger partial charge in [0.25, 0.3) is 0 Å². The predicted octanol–water partition coefficient (Wildman–Crippen LogP) is 1.83. The SMILES string of the molecule is C=CC(=O)N1CC(N2CCN(C(=O)CCc3cc(C)c(Cl)cc3O)CC2)C1. The quantitative estimate of drug-likeness (QED) is 0.778. The topological polar surface area (TPSA) is 64.1 Å². The van der Waals surface area contributed by atoms with Gasteiger partial charge in [0, 0.05) is 56.8 Å². The van der Waals surface area contributed by atoms with E-state index in [1.165, 1.54) is 12.1 Å². The molecule has 2 saturated heterocycles. The summed E-state index contributed by atoms with van der Waals surface area (Å²) in [6, 6.07) is 3.77. The highest BCUT2D eigenvalue weighted by atomic mass is 35.5. The van der Waals surface area contributed by atoms with Crippen molar-refractivity contribution in [2.45, 2.75) is 25.8 Å². The van der Waals surface area contributed by atoms with E-state index in [4.69, 9.17) is 11.6 Å². The van der Waals surface area contributed by atoms with Gasteiger partial charge in [0.2, 0.25) is 11.8 Å². The Bertz CT molecular complexity index is 738. The number of hydrogen-bond acceptors (Lipinski definition) is 4. The summed E-state index contributed by atoms with van der Waals surface area (Å²) in [5.41, 5.74) is 1.65. The molecular weight excluding hydrogens is 366 g/mol. The molecule has 2 aliphatic heterocycles. The summed E-state index contributed by atoms with van der Waals surface area (Å²) < 4.78 is 0. The summed E-state index contributed by atoms with van der Waals surface area (Å²) >= 11 is 5.99. The number of aromatic hydroxyl groups is 1. The molecule has 1 aromatic rings. The van der Waals surface area contributed by atoms with Crippen LogP contribution >= 0.6 is 11.6 Å².